The highest BCUT2D eigenvalue weighted by atomic mass is 16.4. The van der Waals surface area contributed by atoms with Crippen molar-refractivity contribution >= 4 is 5.97 Å². The van der Waals surface area contributed by atoms with Crippen molar-refractivity contribution < 1.29 is 9.90 Å². The summed E-state index contributed by atoms with van der Waals surface area (Å²) in [6.45, 7) is 3.89. The van der Waals surface area contributed by atoms with E-state index < -0.39 is 5.97 Å². The third-order valence-corrected chi connectivity index (χ3v) is 3.93. The van der Waals surface area contributed by atoms with Gasteiger partial charge in [-0.15, -0.1) is 0 Å². The lowest BCUT2D eigenvalue weighted by Gasteiger charge is -2.10. The molecule has 1 N–H and O–H groups in total. The standard InChI is InChI=1S/C20H18N2O2/c1-13-6-7-16(17(9-13)20(23)24)11-15-10-14(2)19(22-12-15)18-5-3-4-8-21-18/h3-10,12H,11H2,1-2H3,(H,23,24). The van der Waals surface area contributed by atoms with Crippen LogP contribution in [0.1, 0.15) is 32.6 Å². The molecule has 3 aromatic rings. The van der Waals surface area contributed by atoms with Gasteiger partial charge in [0.1, 0.15) is 0 Å². The van der Waals surface area contributed by atoms with Crippen molar-refractivity contribution in [2.24, 2.45) is 0 Å². The van der Waals surface area contributed by atoms with Crippen molar-refractivity contribution in [2.45, 2.75) is 20.3 Å². The summed E-state index contributed by atoms with van der Waals surface area (Å²) in [5, 5.41) is 9.39. The molecule has 3 rings (SSSR count). The lowest BCUT2D eigenvalue weighted by atomic mass is 9.97. The average Bonchev–Trinajstić information content (AvgIpc) is 2.57. The Morgan fingerprint density at radius 1 is 1.08 bits per heavy atom. The van der Waals surface area contributed by atoms with Crippen LogP contribution in [-0.2, 0) is 6.42 Å². The molecular weight excluding hydrogens is 300 g/mol. The molecular formula is C20H18N2O2. The number of nitrogens with zero attached hydrogens (tertiary/aromatic N) is 2. The molecule has 1 aromatic carbocycles. The molecule has 4 nitrogen and oxygen atoms in total. The first-order valence-corrected chi connectivity index (χ1v) is 7.74. The van der Waals surface area contributed by atoms with Crippen LogP contribution in [-0.4, -0.2) is 21.0 Å². The fourth-order valence-electron chi connectivity index (χ4n) is 2.76. The van der Waals surface area contributed by atoms with Crippen molar-refractivity contribution in [1.29, 1.82) is 0 Å². The van der Waals surface area contributed by atoms with Gasteiger partial charge in [0.25, 0.3) is 0 Å². The van der Waals surface area contributed by atoms with Crippen molar-refractivity contribution in [2.75, 3.05) is 0 Å². The molecule has 2 aromatic heterocycles. The van der Waals surface area contributed by atoms with E-state index >= 15 is 0 Å². The van der Waals surface area contributed by atoms with Gasteiger partial charge < -0.3 is 5.11 Å². The number of aromatic carboxylic acids is 1. The number of carboxylic acids is 1. The van der Waals surface area contributed by atoms with Gasteiger partial charge in [-0.05, 0) is 55.2 Å². The summed E-state index contributed by atoms with van der Waals surface area (Å²) in [6.07, 6.45) is 4.08. The normalized spacial score (nSPS) is 10.6. The van der Waals surface area contributed by atoms with Gasteiger partial charge in [0.2, 0.25) is 0 Å². The lowest BCUT2D eigenvalue weighted by Crippen LogP contribution is -2.04. The molecule has 0 amide bonds. The number of aryl methyl sites for hydroxylation is 2. The van der Waals surface area contributed by atoms with Gasteiger partial charge in [-0.25, -0.2) is 4.79 Å². The third-order valence-electron chi connectivity index (χ3n) is 3.93. The van der Waals surface area contributed by atoms with E-state index in [0.717, 1.165) is 33.6 Å². The Labute approximate surface area is 140 Å². The molecule has 0 saturated heterocycles. The van der Waals surface area contributed by atoms with E-state index in [4.69, 9.17) is 0 Å². The van der Waals surface area contributed by atoms with Gasteiger partial charge in [0.15, 0.2) is 0 Å². The maximum absolute atomic E-state index is 11.4. The van der Waals surface area contributed by atoms with Gasteiger partial charge in [0, 0.05) is 12.4 Å². The zero-order valence-electron chi connectivity index (χ0n) is 13.7. The van der Waals surface area contributed by atoms with Gasteiger partial charge in [-0.1, -0.05) is 29.8 Å². The first-order chi connectivity index (χ1) is 11.5. The van der Waals surface area contributed by atoms with Crippen LogP contribution < -0.4 is 0 Å². The fraction of sp³-hybridized carbons (Fsp3) is 0.150. The van der Waals surface area contributed by atoms with Crippen LogP contribution >= 0.6 is 0 Å². The van der Waals surface area contributed by atoms with E-state index in [9.17, 15) is 9.90 Å². The summed E-state index contributed by atoms with van der Waals surface area (Å²) in [4.78, 5) is 20.3. The van der Waals surface area contributed by atoms with Crippen LogP contribution in [0.5, 0.6) is 0 Å². The zero-order chi connectivity index (χ0) is 17.1. The number of hydrogen-bond donors (Lipinski definition) is 1. The van der Waals surface area contributed by atoms with Crippen LogP contribution in [0, 0.1) is 13.8 Å². The largest absolute Gasteiger partial charge is 0.478 e. The predicted octanol–water partition coefficient (Wildman–Crippen LogP) is 4.05. The second kappa shape index (κ2) is 6.62. The van der Waals surface area contributed by atoms with Gasteiger partial charge in [0.05, 0.1) is 17.0 Å². The second-order valence-corrected chi connectivity index (χ2v) is 5.87. The molecule has 0 fully saturated rings. The van der Waals surface area contributed by atoms with E-state index in [0.29, 0.717) is 12.0 Å². The Hall–Kier alpha value is -3.01. The molecule has 0 spiro atoms. The Kier molecular flexibility index (Phi) is 4.38. The number of benzene rings is 1. The molecule has 0 aliphatic rings. The number of carboxylic acid groups (broad SMARTS) is 1. The molecule has 0 aliphatic carbocycles. The zero-order valence-corrected chi connectivity index (χ0v) is 13.7. The van der Waals surface area contributed by atoms with E-state index in [1.165, 1.54) is 0 Å². The van der Waals surface area contributed by atoms with Gasteiger partial charge >= 0.3 is 5.97 Å². The summed E-state index contributed by atoms with van der Waals surface area (Å²) in [5.74, 6) is -0.900. The number of hydrogen-bond acceptors (Lipinski definition) is 3. The summed E-state index contributed by atoms with van der Waals surface area (Å²) >= 11 is 0. The first-order valence-electron chi connectivity index (χ1n) is 7.74. The van der Waals surface area contributed by atoms with Crippen molar-refractivity contribution in [1.82, 2.24) is 9.97 Å². The number of rotatable bonds is 4. The molecule has 0 bridgehead atoms. The quantitative estimate of drug-likeness (QED) is 0.788. The first kappa shape index (κ1) is 15.9. The molecule has 2 heterocycles. The van der Waals surface area contributed by atoms with Gasteiger partial charge in [-0.3, -0.25) is 9.97 Å². The Bertz CT molecular complexity index is 889. The highest BCUT2D eigenvalue weighted by Gasteiger charge is 2.12. The number of aromatic nitrogens is 2. The average molecular weight is 318 g/mol. The van der Waals surface area contributed by atoms with Crippen LogP contribution in [0.15, 0.2) is 54.9 Å². The van der Waals surface area contributed by atoms with Crippen molar-refractivity contribution in [3.63, 3.8) is 0 Å². The fourth-order valence-corrected chi connectivity index (χ4v) is 2.76. The number of carbonyl (C=O) groups is 1. The number of pyridine rings is 2. The molecule has 0 aliphatic heterocycles. The minimum Gasteiger partial charge on any atom is -0.478 e. The smallest absolute Gasteiger partial charge is 0.335 e. The molecule has 120 valence electrons. The Morgan fingerprint density at radius 2 is 1.92 bits per heavy atom. The maximum Gasteiger partial charge on any atom is 0.335 e. The van der Waals surface area contributed by atoms with E-state index in [1.807, 2.05) is 50.2 Å². The van der Waals surface area contributed by atoms with E-state index in [-0.39, 0.29) is 0 Å². The van der Waals surface area contributed by atoms with E-state index in [1.54, 1.807) is 18.5 Å². The minimum atomic E-state index is -0.900. The summed E-state index contributed by atoms with van der Waals surface area (Å²) in [7, 11) is 0. The molecule has 24 heavy (non-hydrogen) atoms. The Balaban J connectivity index is 1.93. The summed E-state index contributed by atoms with van der Waals surface area (Å²) in [6, 6.07) is 13.3. The van der Waals surface area contributed by atoms with Crippen LogP contribution in [0.2, 0.25) is 0 Å². The summed E-state index contributed by atoms with van der Waals surface area (Å²) in [5.41, 5.74) is 5.77. The second-order valence-electron chi connectivity index (χ2n) is 5.87. The Morgan fingerprint density at radius 3 is 2.58 bits per heavy atom. The molecule has 4 heteroatoms. The lowest BCUT2D eigenvalue weighted by molar-refractivity contribution is 0.0695. The monoisotopic (exact) mass is 318 g/mol. The topological polar surface area (TPSA) is 63.1 Å². The van der Waals surface area contributed by atoms with Crippen molar-refractivity contribution in [3.8, 4) is 11.4 Å². The van der Waals surface area contributed by atoms with Crippen LogP contribution in [0.3, 0.4) is 0 Å². The van der Waals surface area contributed by atoms with Crippen molar-refractivity contribution in [3.05, 3.63) is 82.7 Å². The highest BCUT2D eigenvalue weighted by Crippen LogP contribution is 2.22. The highest BCUT2D eigenvalue weighted by molar-refractivity contribution is 5.89. The predicted molar refractivity (Wildman–Crippen MR) is 93.1 cm³/mol. The van der Waals surface area contributed by atoms with Gasteiger partial charge in [-0.2, -0.15) is 0 Å². The molecule has 0 atom stereocenters. The maximum atomic E-state index is 11.4. The summed E-state index contributed by atoms with van der Waals surface area (Å²) < 4.78 is 0. The molecule has 0 saturated carbocycles. The molecule has 0 unspecified atom stereocenters. The van der Waals surface area contributed by atoms with Crippen LogP contribution in [0.4, 0.5) is 0 Å². The molecule has 0 radical (unpaired) electrons. The SMILES string of the molecule is Cc1ccc(Cc2cnc(-c3ccccn3)c(C)c2)c(C(=O)O)c1. The minimum absolute atomic E-state index is 0.349. The van der Waals surface area contributed by atoms with E-state index in [2.05, 4.69) is 9.97 Å². The van der Waals surface area contributed by atoms with Crippen LogP contribution in [0.25, 0.3) is 11.4 Å². The third kappa shape index (κ3) is 3.33.